The molecule has 0 fully saturated rings. The molecule has 0 unspecified atom stereocenters. The second-order valence-electron chi connectivity index (χ2n) is 6.43. The van der Waals surface area contributed by atoms with Crippen molar-refractivity contribution in [1.29, 1.82) is 0 Å². The van der Waals surface area contributed by atoms with Gasteiger partial charge in [-0.1, -0.05) is 11.3 Å². The molecule has 168 valence electrons. The Morgan fingerprint density at radius 3 is 2.82 bits per heavy atom. The lowest BCUT2D eigenvalue weighted by molar-refractivity contribution is -0.385. The van der Waals surface area contributed by atoms with Crippen molar-refractivity contribution in [2.75, 3.05) is 12.8 Å². The molecule has 1 aromatic carbocycles. The number of hydrazone groups is 1. The Balaban J connectivity index is 1.65. The van der Waals surface area contributed by atoms with Crippen LogP contribution in [0.4, 0.5) is 11.5 Å². The van der Waals surface area contributed by atoms with Gasteiger partial charge in [0.2, 0.25) is 11.6 Å². The van der Waals surface area contributed by atoms with Gasteiger partial charge in [-0.15, -0.1) is 16.4 Å². The van der Waals surface area contributed by atoms with Crippen molar-refractivity contribution in [2.45, 2.75) is 6.92 Å². The number of amides is 1. The van der Waals surface area contributed by atoms with Gasteiger partial charge in [-0.3, -0.25) is 14.9 Å². The molecule has 0 atom stereocenters. The van der Waals surface area contributed by atoms with E-state index in [2.05, 4.69) is 35.8 Å². The average Bonchev–Trinajstić information content (AvgIpc) is 3.56. The molecule has 4 rings (SSSR count). The third-order valence-corrected chi connectivity index (χ3v) is 5.33. The molecule has 3 heterocycles. The summed E-state index contributed by atoms with van der Waals surface area (Å²) in [7, 11) is 1.34. The van der Waals surface area contributed by atoms with E-state index in [-0.39, 0.29) is 28.8 Å². The molecule has 0 aliphatic carbocycles. The van der Waals surface area contributed by atoms with E-state index in [0.717, 1.165) is 0 Å². The maximum absolute atomic E-state index is 12.9. The number of aromatic nitrogens is 5. The highest BCUT2D eigenvalue weighted by molar-refractivity contribution is 7.13. The van der Waals surface area contributed by atoms with E-state index >= 15 is 0 Å². The van der Waals surface area contributed by atoms with Crippen molar-refractivity contribution in [3.05, 3.63) is 57.1 Å². The fourth-order valence-corrected chi connectivity index (χ4v) is 3.62. The minimum atomic E-state index is -0.665. The molecular weight excluding hydrogens is 454 g/mol. The van der Waals surface area contributed by atoms with Crippen LogP contribution >= 0.6 is 11.3 Å². The summed E-state index contributed by atoms with van der Waals surface area (Å²) in [6, 6.07) is 7.90. The van der Waals surface area contributed by atoms with Crippen LogP contribution in [-0.4, -0.2) is 49.0 Å². The number of rotatable bonds is 7. The van der Waals surface area contributed by atoms with Crippen molar-refractivity contribution in [3.8, 4) is 22.1 Å². The van der Waals surface area contributed by atoms with E-state index in [0.29, 0.717) is 21.8 Å². The van der Waals surface area contributed by atoms with Crippen LogP contribution in [0.25, 0.3) is 16.4 Å². The Morgan fingerprint density at radius 2 is 2.18 bits per heavy atom. The summed E-state index contributed by atoms with van der Waals surface area (Å²) in [6.07, 6.45) is 0. The predicted octanol–water partition coefficient (Wildman–Crippen LogP) is 2.03. The zero-order valence-electron chi connectivity index (χ0n) is 17.1. The third kappa shape index (κ3) is 4.11. The van der Waals surface area contributed by atoms with Gasteiger partial charge in [-0.05, 0) is 40.8 Å². The number of nitrogens with zero attached hydrogens (tertiary/aromatic N) is 7. The van der Waals surface area contributed by atoms with E-state index in [1.54, 1.807) is 25.1 Å². The minimum absolute atomic E-state index is 0.0281. The second-order valence-corrected chi connectivity index (χ2v) is 7.38. The second kappa shape index (κ2) is 8.83. The number of nitrogen functional groups attached to an aromatic ring is 1. The van der Waals surface area contributed by atoms with Crippen LogP contribution in [0.5, 0.6) is 5.75 Å². The molecule has 0 aliphatic heterocycles. The van der Waals surface area contributed by atoms with Gasteiger partial charge >= 0.3 is 5.69 Å². The molecule has 4 aromatic rings. The predicted molar refractivity (Wildman–Crippen MR) is 116 cm³/mol. The van der Waals surface area contributed by atoms with Crippen LogP contribution in [0.15, 0.2) is 45.4 Å². The van der Waals surface area contributed by atoms with Crippen LogP contribution < -0.4 is 15.9 Å². The highest BCUT2D eigenvalue weighted by Crippen LogP contribution is 2.30. The first-order valence-corrected chi connectivity index (χ1v) is 10.0. The van der Waals surface area contributed by atoms with E-state index in [4.69, 9.17) is 10.5 Å². The topological polar surface area (TPSA) is 189 Å². The van der Waals surface area contributed by atoms with E-state index in [1.807, 2.05) is 5.38 Å². The van der Waals surface area contributed by atoms with Crippen LogP contribution in [-0.2, 0) is 0 Å². The van der Waals surface area contributed by atoms with Crippen molar-refractivity contribution in [1.82, 2.24) is 30.7 Å². The number of carbonyl (C=O) groups is 1. The molecule has 0 aliphatic rings. The average molecular weight is 469 g/mol. The van der Waals surface area contributed by atoms with Gasteiger partial charge in [-0.2, -0.15) is 9.78 Å². The van der Waals surface area contributed by atoms with Crippen LogP contribution in [0.2, 0.25) is 0 Å². The van der Waals surface area contributed by atoms with Gasteiger partial charge in [0.05, 0.1) is 22.6 Å². The van der Waals surface area contributed by atoms with Crippen molar-refractivity contribution >= 4 is 34.5 Å². The van der Waals surface area contributed by atoms with Crippen LogP contribution in [0.3, 0.4) is 0 Å². The van der Waals surface area contributed by atoms with E-state index in [1.165, 1.54) is 35.3 Å². The summed E-state index contributed by atoms with van der Waals surface area (Å²) in [5.74, 6) is -0.503. The fraction of sp³-hybridized carbons (Fsp3) is 0.111. The van der Waals surface area contributed by atoms with Gasteiger partial charge in [0, 0.05) is 11.6 Å². The van der Waals surface area contributed by atoms with Gasteiger partial charge in [0.1, 0.15) is 5.69 Å². The summed E-state index contributed by atoms with van der Waals surface area (Å²) in [5, 5.41) is 32.3. The number of nitrogens with one attached hydrogen (secondary N) is 1. The highest BCUT2D eigenvalue weighted by Gasteiger charge is 2.26. The molecule has 0 saturated carbocycles. The molecule has 3 N–H and O–H groups in total. The Morgan fingerprint density at radius 1 is 1.36 bits per heavy atom. The van der Waals surface area contributed by atoms with E-state index < -0.39 is 10.8 Å². The Labute approximate surface area is 188 Å². The SMILES string of the molecule is COc1ccc(C(C)=NNC(=O)c2nnn(-c3nonc3N)c2-c2cccs2)cc1[N+](=O)[O-]. The number of hydrogen-bond acceptors (Lipinski definition) is 12. The first-order chi connectivity index (χ1) is 15.9. The lowest BCUT2D eigenvalue weighted by Crippen LogP contribution is -2.20. The fourth-order valence-electron chi connectivity index (χ4n) is 2.87. The zero-order valence-corrected chi connectivity index (χ0v) is 17.9. The van der Waals surface area contributed by atoms with Gasteiger partial charge in [0.15, 0.2) is 11.4 Å². The molecule has 15 heteroatoms. The largest absolute Gasteiger partial charge is 0.490 e. The maximum Gasteiger partial charge on any atom is 0.311 e. The molecule has 0 spiro atoms. The number of benzene rings is 1. The number of thiophene rings is 1. The van der Waals surface area contributed by atoms with Gasteiger partial charge in [-0.25, -0.2) is 10.1 Å². The van der Waals surface area contributed by atoms with Crippen LogP contribution in [0, 0.1) is 10.1 Å². The van der Waals surface area contributed by atoms with Crippen molar-refractivity contribution < 1.29 is 19.1 Å². The molecule has 14 nitrogen and oxygen atoms in total. The maximum atomic E-state index is 12.9. The number of nitro groups is 1. The smallest absolute Gasteiger partial charge is 0.311 e. The summed E-state index contributed by atoms with van der Waals surface area (Å²) >= 11 is 1.35. The molecule has 0 radical (unpaired) electrons. The summed E-state index contributed by atoms with van der Waals surface area (Å²) in [4.78, 5) is 24.2. The Bertz CT molecular complexity index is 1360. The molecule has 3 aromatic heterocycles. The lowest BCUT2D eigenvalue weighted by Gasteiger charge is -2.06. The van der Waals surface area contributed by atoms with Crippen molar-refractivity contribution in [3.63, 3.8) is 0 Å². The summed E-state index contributed by atoms with van der Waals surface area (Å²) in [6.45, 7) is 1.59. The monoisotopic (exact) mass is 469 g/mol. The molecular formula is C18H15N9O5S. The number of ether oxygens (including phenoxy) is 1. The molecule has 0 saturated heterocycles. The molecule has 0 bridgehead atoms. The number of hydrogen-bond donors (Lipinski definition) is 2. The Hall–Kier alpha value is -4.66. The third-order valence-electron chi connectivity index (χ3n) is 4.45. The molecule has 33 heavy (non-hydrogen) atoms. The molecule has 1 amide bonds. The van der Waals surface area contributed by atoms with Crippen LogP contribution in [0.1, 0.15) is 23.0 Å². The number of methoxy groups -OCH3 is 1. The number of nitrogens with two attached hydrogens (primary N) is 1. The standard InChI is InChI=1S/C18H15N9O5S/c1-9(10-5-6-12(31-2)11(8-10)27(29)30)20-22-18(28)14-15(13-4-3-7-33-13)26(25-21-14)17-16(19)23-32-24-17/h3-8H,1-2H3,(H2,19,23)(H,22,28). The summed E-state index contributed by atoms with van der Waals surface area (Å²) < 4.78 is 10.9. The first kappa shape index (κ1) is 21.6. The minimum Gasteiger partial charge on any atom is -0.490 e. The van der Waals surface area contributed by atoms with Gasteiger partial charge < -0.3 is 10.5 Å². The Kier molecular flexibility index (Phi) is 5.77. The van der Waals surface area contributed by atoms with Gasteiger partial charge in [0.25, 0.3) is 5.91 Å². The number of anilines is 1. The van der Waals surface area contributed by atoms with Crippen molar-refractivity contribution in [2.24, 2.45) is 5.10 Å². The first-order valence-electron chi connectivity index (χ1n) is 9.16. The highest BCUT2D eigenvalue weighted by atomic mass is 32.1. The normalized spacial score (nSPS) is 11.4. The van der Waals surface area contributed by atoms with E-state index in [9.17, 15) is 14.9 Å². The number of carbonyl (C=O) groups excluding carboxylic acids is 1. The lowest BCUT2D eigenvalue weighted by atomic mass is 10.1. The quantitative estimate of drug-likeness (QED) is 0.230. The zero-order chi connectivity index (χ0) is 23.5. The number of nitro benzene ring substituents is 1. The summed E-state index contributed by atoms with van der Waals surface area (Å²) in [5.41, 5.74) is 8.96.